The first kappa shape index (κ1) is 12.5. The third kappa shape index (κ3) is 3.20. The van der Waals surface area contributed by atoms with Gasteiger partial charge in [0.2, 0.25) is 0 Å². The van der Waals surface area contributed by atoms with Gasteiger partial charge in [-0.2, -0.15) is 0 Å². The second-order valence-corrected chi connectivity index (χ2v) is 6.02. The second kappa shape index (κ2) is 3.78. The minimum Gasteiger partial charge on any atom is -0.366 e. The van der Waals surface area contributed by atoms with E-state index in [0.29, 0.717) is 0 Å². The predicted molar refractivity (Wildman–Crippen MR) is 63.4 cm³/mol. The van der Waals surface area contributed by atoms with E-state index in [1.54, 1.807) is 0 Å². The molecule has 0 radical (unpaired) electrons. The lowest BCUT2D eigenvalue weighted by atomic mass is 9.97. The van der Waals surface area contributed by atoms with Gasteiger partial charge in [0.25, 0.3) is 0 Å². The molecule has 1 saturated heterocycles. The summed E-state index contributed by atoms with van der Waals surface area (Å²) in [5.41, 5.74) is -0.328. The summed E-state index contributed by atoms with van der Waals surface area (Å²) in [6.07, 6.45) is 0. The Labute approximate surface area is 93.3 Å². The van der Waals surface area contributed by atoms with Crippen molar-refractivity contribution in [2.45, 2.75) is 52.7 Å². The SMILES string of the molecule is CC(C)C(=N)N1CC(C)(C)OC(C)(C)C1. The van der Waals surface area contributed by atoms with Crippen molar-refractivity contribution in [1.82, 2.24) is 4.90 Å². The average molecular weight is 212 g/mol. The average Bonchev–Trinajstić information content (AvgIpc) is 1.96. The standard InChI is InChI=1S/C12H24N2O/c1-9(2)10(13)14-7-11(3,4)15-12(5,6)8-14/h9,13H,7-8H2,1-6H3. The zero-order chi connectivity index (χ0) is 11.9. The van der Waals surface area contributed by atoms with Gasteiger partial charge in [-0.3, -0.25) is 5.41 Å². The van der Waals surface area contributed by atoms with Gasteiger partial charge in [0.1, 0.15) is 0 Å². The van der Waals surface area contributed by atoms with E-state index in [0.717, 1.165) is 18.9 Å². The molecule has 0 saturated carbocycles. The quantitative estimate of drug-likeness (QED) is 0.535. The minimum absolute atomic E-state index is 0.164. The van der Waals surface area contributed by atoms with Crippen LogP contribution < -0.4 is 0 Å². The van der Waals surface area contributed by atoms with E-state index in [4.69, 9.17) is 10.1 Å². The number of hydrogen-bond donors (Lipinski definition) is 1. The number of ether oxygens (including phenoxy) is 1. The summed E-state index contributed by atoms with van der Waals surface area (Å²) in [7, 11) is 0. The van der Waals surface area contributed by atoms with Crippen LogP contribution in [-0.2, 0) is 4.74 Å². The molecule has 0 atom stereocenters. The van der Waals surface area contributed by atoms with Crippen LogP contribution in [0.3, 0.4) is 0 Å². The van der Waals surface area contributed by atoms with Gasteiger partial charge in [-0.15, -0.1) is 0 Å². The van der Waals surface area contributed by atoms with E-state index >= 15 is 0 Å². The molecule has 0 amide bonds. The molecule has 0 aromatic carbocycles. The third-order valence-electron chi connectivity index (χ3n) is 2.58. The Morgan fingerprint density at radius 3 is 1.87 bits per heavy atom. The largest absolute Gasteiger partial charge is 0.366 e. The van der Waals surface area contributed by atoms with Gasteiger partial charge in [0.05, 0.1) is 17.0 Å². The molecule has 0 bridgehead atoms. The molecule has 15 heavy (non-hydrogen) atoms. The summed E-state index contributed by atoms with van der Waals surface area (Å²) in [5.74, 6) is 1.01. The van der Waals surface area contributed by atoms with Gasteiger partial charge in [0, 0.05) is 19.0 Å². The van der Waals surface area contributed by atoms with E-state index < -0.39 is 0 Å². The fourth-order valence-electron chi connectivity index (χ4n) is 2.32. The van der Waals surface area contributed by atoms with E-state index in [2.05, 4.69) is 46.4 Å². The first-order valence-electron chi connectivity index (χ1n) is 5.66. The number of morpholine rings is 1. The Hall–Kier alpha value is -0.570. The van der Waals surface area contributed by atoms with Crippen molar-refractivity contribution in [3.8, 4) is 0 Å². The fraction of sp³-hybridized carbons (Fsp3) is 0.917. The van der Waals surface area contributed by atoms with Crippen molar-refractivity contribution in [2.24, 2.45) is 5.92 Å². The Balaban J connectivity index is 2.80. The molecule has 0 unspecified atom stereocenters. The molecule has 3 heteroatoms. The lowest BCUT2D eigenvalue weighted by molar-refractivity contribution is -0.167. The molecule has 1 heterocycles. The summed E-state index contributed by atoms with van der Waals surface area (Å²) in [6, 6.07) is 0. The van der Waals surface area contributed by atoms with Crippen LogP contribution in [0.25, 0.3) is 0 Å². The van der Waals surface area contributed by atoms with Crippen LogP contribution in [0, 0.1) is 11.3 Å². The first-order valence-corrected chi connectivity index (χ1v) is 5.66. The Morgan fingerprint density at radius 1 is 1.13 bits per heavy atom. The van der Waals surface area contributed by atoms with Crippen LogP contribution in [0.4, 0.5) is 0 Å². The number of amidine groups is 1. The minimum atomic E-state index is -0.164. The maximum atomic E-state index is 8.06. The van der Waals surface area contributed by atoms with Gasteiger partial charge in [-0.05, 0) is 27.7 Å². The Morgan fingerprint density at radius 2 is 1.53 bits per heavy atom. The van der Waals surface area contributed by atoms with Gasteiger partial charge in [0.15, 0.2) is 0 Å². The molecule has 3 nitrogen and oxygen atoms in total. The Kier molecular flexibility index (Phi) is 3.15. The third-order valence-corrected chi connectivity index (χ3v) is 2.58. The second-order valence-electron chi connectivity index (χ2n) is 6.02. The van der Waals surface area contributed by atoms with Crippen LogP contribution in [0.5, 0.6) is 0 Å². The van der Waals surface area contributed by atoms with E-state index in [-0.39, 0.29) is 17.1 Å². The maximum Gasteiger partial charge on any atom is 0.0985 e. The van der Waals surface area contributed by atoms with Crippen molar-refractivity contribution >= 4 is 5.84 Å². The molecule has 1 aliphatic heterocycles. The lowest BCUT2D eigenvalue weighted by Gasteiger charge is -2.48. The van der Waals surface area contributed by atoms with E-state index in [1.165, 1.54) is 0 Å². The summed E-state index contributed by atoms with van der Waals surface area (Å²) >= 11 is 0. The highest BCUT2D eigenvalue weighted by Crippen LogP contribution is 2.28. The molecule has 1 fully saturated rings. The van der Waals surface area contributed by atoms with E-state index in [1.807, 2.05) is 0 Å². The molecule has 1 aliphatic rings. The highest BCUT2D eigenvalue weighted by atomic mass is 16.5. The highest BCUT2D eigenvalue weighted by molar-refractivity contribution is 5.81. The van der Waals surface area contributed by atoms with Crippen LogP contribution in [0.15, 0.2) is 0 Å². The van der Waals surface area contributed by atoms with Gasteiger partial charge in [-0.25, -0.2) is 0 Å². The molecule has 0 aliphatic carbocycles. The van der Waals surface area contributed by atoms with Crippen LogP contribution in [-0.4, -0.2) is 35.0 Å². The van der Waals surface area contributed by atoms with Gasteiger partial charge >= 0.3 is 0 Å². The monoisotopic (exact) mass is 212 g/mol. The summed E-state index contributed by atoms with van der Waals surface area (Å²) in [6.45, 7) is 14.1. The van der Waals surface area contributed by atoms with Gasteiger partial charge in [-0.1, -0.05) is 13.8 Å². The first-order chi connectivity index (χ1) is 6.63. The number of rotatable bonds is 1. The smallest absolute Gasteiger partial charge is 0.0985 e. The van der Waals surface area contributed by atoms with Crippen LogP contribution in [0.2, 0.25) is 0 Å². The number of hydrogen-bond acceptors (Lipinski definition) is 2. The number of nitrogens with one attached hydrogen (secondary N) is 1. The molecule has 88 valence electrons. The van der Waals surface area contributed by atoms with Crippen molar-refractivity contribution in [3.05, 3.63) is 0 Å². The molecular formula is C12H24N2O. The number of nitrogens with zero attached hydrogens (tertiary/aromatic N) is 1. The zero-order valence-electron chi connectivity index (χ0n) is 10.8. The van der Waals surface area contributed by atoms with Crippen molar-refractivity contribution < 1.29 is 4.74 Å². The molecule has 0 spiro atoms. The van der Waals surface area contributed by atoms with Crippen molar-refractivity contribution in [2.75, 3.05) is 13.1 Å². The molecule has 0 aromatic heterocycles. The lowest BCUT2D eigenvalue weighted by Crippen LogP contribution is -2.59. The topological polar surface area (TPSA) is 36.3 Å². The molecule has 0 aromatic rings. The highest BCUT2D eigenvalue weighted by Gasteiger charge is 2.39. The summed E-state index contributed by atoms with van der Waals surface area (Å²) < 4.78 is 5.98. The van der Waals surface area contributed by atoms with E-state index in [9.17, 15) is 0 Å². The molecule has 1 rings (SSSR count). The predicted octanol–water partition coefficient (Wildman–Crippen LogP) is 2.51. The van der Waals surface area contributed by atoms with Crippen LogP contribution in [0.1, 0.15) is 41.5 Å². The fourth-order valence-corrected chi connectivity index (χ4v) is 2.32. The van der Waals surface area contributed by atoms with Gasteiger partial charge < -0.3 is 9.64 Å². The zero-order valence-corrected chi connectivity index (χ0v) is 10.8. The van der Waals surface area contributed by atoms with Crippen LogP contribution >= 0.6 is 0 Å². The van der Waals surface area contributed by atoms with Crippen molar-refractivity contribution in [3.63, 3.8) is 0 Å². The summed E-state index contributed by atoms with van der Waals surface area (Å²) in [5, 5.41) is 8.06. The molecule has 1 N–H and O–H groups in total. The normalized spacial score (nSPS) is 24.3. The van der Waals surface area contributed by atoms with Crippen molar-refractivity contribution in [1.29, 1.82) is 5.41 Å². The molecular weight excluding hydrogens is 188 g/mol. The summed E-state index contributed by atoms with van der Waals surface area (Å²) in [4.78, 5) is 2.15. The maximum absolute atomic E-state index is 8.06. The Bertz CT molecular complexity index is 240.